The predicted molar refractivity (Wildman–Crippen MR) is 99.1 cm³/mol. The van der Waals surface area contributed by atoms with E-state index in [0.717, 1.165) is 24.8 Å². The highest BCUT2D eigenvalue weighted by Crippen LogP contribution is 2.34. The lowest BCUT2D eigenvalue weighted by molar-refractivity contribution is -0.135. The smallest absolute Gasteiger partial charge is 0.411 e. The minimum atomic E-state index is -0.457. The van der Waals surface area contributed by atoms with Crippen LogP contribution in [0.1, 0.15) is 38.2 Å². The van der Waals surface area contributed by atoms with Crippen LogP contribution in [0, 0.1) is 18.3 Å². The second kappa shape index (κ2) is 8.27. The van der Waals surface area contributed by atoms with Crippen LogP contribution in [-0.4, -0.2) is 47.0 Å². The van der Waals surface area contributed by atoms with Gasteiger partial charge in [0.05, 0.1) is 6.54 Å². The van der Waals surface area contributed by atoms with Gasteiger partial charge in [-0.05, 0) is 37.2 Å². The summed E-state index contributed by atoms with van der Waals surface area (Å²) in [4.78, 5) is 29.3. The molecule has 26 heavy (non-hydrogen) atoms. The number of carbonyl (C=O) groups is 2. The molecule has 0 N–H and O–H groups in total. The van der Waals surface area contributed by atoms with Crippen LogP contribution in [0.3, 0.4) is 0 Å². The summed E-state index contributed by atoms with van der Waals surface area (Å²) < 4.78 is 5.57. The maximum Gasteiger partial charge on any atom is 0.411 e. The summed E-state index contributed by atoms with van der Waals surface area (Å²) in [5, 5.41) is 0. The average molecular weight is 354 g/mol. The van der Waals surface area contributed by atoms with Crippen LogP contribution < -0.4 is 0 Å². The Kier molecular flexibility index (Phi) is 5.82. The van der Waals surface area contributed by atoms with Gasteiger partial charge in [-0.3, -0.25) is 9.69 Å². The highest BCUT2D eigenvalue weighted by atomic mass is 16.6. The maximum atomic E-state index is 13.0. The van der Waals surface area contributed by atoms with E-state index < -0.39 is 12.1 Å². The lowest BCUT2D eigenvalue weighted by Crippen LogP contribution is -2.55. The predicted octanol–water partition coefficient (Wildman–Crippen LogP) is 3.05. The monoisotopic (exact) mass is 354 g/mol. The fourth-order valence-corrected chi connectivity index (χ4v) is 4.15. The standard InChI is InChI=1S/C21H26N2O3/c1-3-13-22-14-17(4-2)18-11-8-12-19(20(22)24)23(18)21(25)26-15-16-9-6-5-7-10-16/h1,5-7,9-10,17-19H,4,8,11-15H2,2H3/t17-,18?,19?/m0/s1. The number of hydrogen-bond acceptors (Lipinski definition) is 3. The first-order valence-electron chi connectivity index (χ1n) is 9.37. The van der Waals surface area contributed by atoms with Crippen molar-refractivity contribution in [3.63, 3.8) is 0 Å². The molecule has 3 atom stereocenters. The molecule has 0 spiro atoms. The summed E-state index contributed by atoms with van der Waals surface area (Å²) in [6, 6.07) is 9.18. The SMILES string of the molecule is C#CCN1C[C@H](CC)C2CCCC(C1=O)N2C(=O)OCc1ccccc1. The molecule has 2 saturated heterocycles. The molecule has 138 valence electrons. The van der Waals surface area contributed by atoms with Crippen LogP contribution in [0.2, 0.25) is 0 Å². The first-order valence-corrected chi connectivity index (χ1v) is 9.37. The molecular formula is C21H26N2O3. The maximum absolute atomic E-state index is 13.0. The van der Waals surface area contributed by atoms with Gasteiger partial charge in [0.2, 0.25) is 5.91 Å². The van der Waals surface area contributed by atoms with E-state index in [1.54, 1.807) is 9.80 Å². The molecule has 5 nitrogen and oxygen atoms in total. The van der Waals surface area contributed by atoms with Crippen LogP contribution in [-0.2, 0) is 16.1 Å². The van der Waals surface area contributed by atoms with Gasteiger partial charge < -0.3 is 9.64 Å². The van der Waals surface area contributed by atoms with Crippen molar-refractivity contribution < 1.29 is 14.3 Å². The van der Waals surface area contributed by atoms with E-state index in [4.69, 9.17) is 11.2 Å². The molecule has 2 unspecified atom stereocenters. The number of carbonyl (C=O) groups excluding carboxylic acids is 2. The molecule has 0 saturated carbocycles. The van der Waals surface area contributed by atoms with E-state index in [-0.39, 0.29) is 24.5 Å². The minimum Gasteiger partial charge on any atom is -0.445 e. The van der Waals surface area contributed by atoms with Gasteiger partial charge in [-0.25, -0.2) is 4.79 Å². The van der Waals surface area contributed by atoms with Gasteiger partial charge in [-0.1, -0.05) is 43.2 Å². The molecule has 2 fully saturated rings. The van der Waals surface area contributed by atoms with Gasteiger partial charge in [0.15, 0.2) is 0 Å². The second-order valence-corrected chi connectivity index (χ2v) is 7.05. The summed E-state index contributed by atoms with van der Waals surface area (Å²) in [5.74, 6) is 2.76. The molecule has 1 aromatic carbocycles. The van der Waals surface area contributed by atoms with Crippen LogP contribution >= 0.6 is 0 Å². The number of hydrogen-bond donors (Lipinski definition) is 0. The molecule has 3 rings (SSSR count). The highest BCUT2D eigenvalue weighted by Gasteiger charge is 2.46. The van der Waals surface area contributed by atoms with E-state index in [0.29, 0.717) is 19.5 Å². The normalized spacial score (nSPS) is 25.4. The van der Waals surface area contributed by atoms with Crippen molar-refractivity contribution in [1.29, 1.82) is 0 Å². The van der Waals surface area contributed by atoms with Crippen LogP contribution in [0.25, 0.3) is 0 Å². The van der Waals surface area contributed by atoms with E-state index in [1.807, 2.05) is 30.3 Å². The van der Waals surface area contributed by atoms with Crippen molar-refractivity contribution in [3.05, 3.63) is 35.9 Å². The third-order valence-corrected chi connectivity index (χ3v) is 5.49. The number of piperidine rings is 1. The largest absolute Gasteiger partial charge is 0.445 e. The fraction of sp³-hybridized carbons (Fsp3) is 0.524. The molecule has 2 aliphatic rings. The Morgan fingerprint density at radius 3 is 2.77 bits per heavy atom. The summed E-state index contributed by atoms with van der Waals surface area (Å²) in [6.45, 7) is 3.23. The first kappa shape index (κ1) is 18.3. The van der Waals surface area contributed by atoms with Crippen molar-refractivity contribution >= 4 is 12.0 Å². The fourth-order valence-electron chi connectivity index (χ4n) is 4.15. The third-order valence-electron chi connectivity index (χ3n) is 5.49. The number of rotatable bonds is 4. The zero-order chi connectivity index (χ0) is 18.5. The van der Waals surface area contributed by atoms with Gasteiger partial charge in [0.25, 0.3) is 0 Å². The van der Waals surface area contributed by atoms with E-state index in [2.05, 4.69) is 12.8 Å². The Bertz CT molecular complexity index is 682. The Morgan fingerprint density at radius 2 is 2.08 bits per heavy atom. The van der Waals surface area contributed by atoms with Gasteiger partial charge in [0.1, 0.15) is 12.6 Å². The Morgan fingerprint density at radius 1 is 1.31 bits per heavy atom. The molecular weight excluding hydrogens is 328 g/mol. The Balaban J connectivity index is 1.80. The number of fused-ring (bicyclic) bond motifs is 2. The molecule has 0 aromatic heterocycles. The summed E-state index contributed by atoms with van der Waals surface area (Å²) in [5.41, 5.74) is 0.938. The van der Waals surface area contributed by atoms with Gasteiger partial charge in [-0.2, -0.15) is 0 Å². The lowest BCUT2D eigenvalue weighted by Gasteiger charge is -2.40. The quantitative estimate of drug-likeness (QED) is 0.781. The van der Waals surface area contributed by atoms with Crippen LogP contribution in [0.15, 0.2) is 30.3 Å². The number of amides is 2. The molecule has 2 heterocycles. The summed E-state index contributed by atoms with van der Waals surface area (Å²) >= 11 is 0. The Hall–Kier alpha value is -2.48. The van der Waals surface area contributed by atoms with Crippen molar-refractivity contribution in [3.8, 4) is 12.3 Å². The van der Waals surface area contributed by atoms with Crippen molar-refractivity contribution in [1.82, 2.24) is 9.80 Å². The number of nitrogens with zero attached hydrogens (tertiary/aromatic N) is 2. The third kappa shape index (κ3) is 3.70. The molecule has 1 aromatic rings. The van der Waals surface area contributed by atoms with E-state index in [9.17, 15) is 9.59 Å². The molecule has 2 bridgehead atoms. The molecule has 0 aliphatic carbocycles. The highest BCUT2D eigenvalue weighted by molar-refractivity contribution is 5.87. The summed E-state index contributed by atoms with van der Waals surface area (Å²) in [6.07, 6.45) is 8.49. The van der Waals surface area contributed by atoms with Crippen LogP contribution in [0.4, 0.5) is 4.79 Å². The topological polar surface area (TPSA) is 49.9 Å². The second-order valence-electron chi connectivity index (χ2n) is 7.05. The van der Waals surface area contributed by atoms with Crippen molar-refractivity contribution in [2.24, 2.45) is 5.92 Å². The van der Waals surface area contributed by atoms with E-state index >= 15 is 0 Å². The van der Waals surface area contributed by atoms with Crippen molar-refractivity contribution in [2.45, 2.75) is 51.3 Å². The van der Waals surface area contributed by atoms with Crippen molar-refractivity contribution in [2.75, 3.05) is 13.1 Å². The lowest BCUT2D eigenvalue weighted by atomic mass is 9.87. The van der Waals surface area contributed by atoms with Gasteiger partial charge in [0, 0.05) is 12.6 Å². The average Bonchev–Trinajstić information content (AvgIpc) is 2.74. The Labute approximate surface area is 155 Å². The molecule has 2 amide bonds. The van der Waals surface area contributed by atoms with E-state index in [1.165, 1.54) is 0 Å². The number of terminal acetylenes is 1. The molecule has 2 aliphatic heterocycles. The number of ether oxygens (including phenoxy) is 1. The minimum absolute atomic E-state index is 0.0359. The molecule has 5 heteroatoms. The summed E-state index contributed by atoms with van der Waals surface area (Å²) in [7, 11) is 0. The number of benzene rings is 1. The van der Waals surface area contributed by atoms with Gasteiger partial charge >= 0.3 is 6.09 Å². The van der Waals surface area contributed by atoms with Crippen LogP contribution in [0.5, 0.6) is 0 Å². The zero-order valence-corrected chi connectivity index (χ0v) is 15.3. The molecule has 0 radical (unpaired) electrons. The zero-order valence-electron chi connectivity index (χ0n) is 15.3. The van der Waals surface area contributed by atoms with Gasteiger partial charge in [-0.15, -0.1) is 6.42 Å². The first-order chi connectivity index (χ1) is 12.7.